The Hall–Kier alpha value is -2.29. The molecule has 3 rings (SSSR count). The van der Waals surface area contributed by atoms with Crippen LogP contribution in [0.3, 0.4) is 0 Å². The fraction of sp³-hybridized carbons (Fsp3) is 0.133. The molecule has 3 heteroatoms. The average molecular weight is 239 g/mol. The predicted molar refractivity (Wildman–Crippen MR) is 72.5 cm³/mol. The van der Waals surface area contributed by atoms with E-state index in [1.807, 2.05) is 12.1 Å². The number of aldehydes is 1. The van der Waals surface area contributed by atoms with E-state index < -0.39 is 0 Å². The van der Waals surface area contributed by atoms with Crippen molar-refractivity contribution in [3.8, 4) is 5.75 Å². The van der Waals surface area contributed by atoms with Gasteiger partial charge in [0.2, 0.25) is 0 Å². The number of aryl methyl sites for hydroxylation is 1. The topological polar surface area (TPSA) is 42.1 Å². The van der Waals surface area contributed by atoms with Gasteiger partial charge in [-0.25, -0.2) is 0 Å². The molecular weight excluding hydrogens is 226 g/mol. The van der Waals surface area contributed by atoms with Gasteiger partial charge in [0.25, 0.3) is 0 Å². The van der Waals surface area contributed by atoms with Crippen LogP contribution >= 0.6 is 0 Å². The van der Waals surface area contributed by atoms with Crippen LogP contribution in [0.1, 0.15) is 15.9 Å². The quantitative estimate of drug-likeness (QED) is 0.696. The number of aromatic nitrogens is 1. The zero-order valence-electron chi connectivity index (χ0n) is 10.3. The molecule has 0 amide bonds. The van der Waals surface area contributed by atoms with Crippen molar-refractivity contribution in [3.63, 3.8) is 0 Å². The summed E-state index contributed by atoms with van der Waals surface area (Å²) >= 11 is 0. The molecule has 0 saturated carbocycles. The Morgan fingerprint density at radius 1 is 1.17 bits per heavy atom. The van der Waals surface area contributed by atoms with Crippen LogP contribution in [0.2, 0.25) is 0 Å². The number of fused-ring (bicyclic) bond motifs is 3. The molecule has 1 N–H and O–H groups in total. The molecule has 3 nitrogen and oxygen atoms in total. The van der Waals surface area contributed by atoms with Gasteiger partial charge in [0.1, 0.15) is 5.75 Å². The third-order valence-corrected chi connectivity index (χ3v) is 3.23. The zero-order chi connectivity index (χ0) is 12.7. The van der Waals surface area contributed by atoms with Crippen molar-refractivity contribution in [3.05, 3.63) is 41.5 Å². The van der Waals surface area contributed by atoms with Gasteiger partial charge in [-0.3, -0.25) is 4.79 Å². The molecule has 0 radical (unpaired) electrons. The normalized spacial score (nSPS) is 11.0. The summed E-state index contributed by atoms with van der Waals surface area (Å²) in [5, 5.41) is 2.14. The van der Waals surface area contributed by atoms with Crippen molar-refractivity contribution in [2.45, 2.75) is 6.92 Å². The number of hydrogen-bond donors (Lipinski definition) is 1. The molecule has 18 heavy (non-hydrogen) atoms. The second kappa shape index (κ2) is 3.88. The van der Waals surface area contributed by atoms with E-state index in [1.54, 1.807) is 13.2 Å². The smallest absolute Gasteiger partial charge is 0.152 e. The van der Waals surface area contributed by atoms with Gasteiger partial charge in [-0.05, 0) is 31.2 Å². The fourth-order valence-electron chi connectivity index (χ4n) is 2.32. The van der Waals surface area contributed by atoms with Gasteiger partial charge in [0.15, 0.2) is 6.29 Å². The maximum absolute atomic E-state index is 11.2. The van der Waals surface area contributed by atoms with Crippen LogP contribution in [0.25, 0.3) is 21.8 Å². The number of carbonyl (C=O) groups excluding carboxylic acids is 1. The second-order valence-electron chi connectivity index (χ2n) is 4.43. The number of H-pyrrole nitrogens is 1. The van der Waals surface area contributed by atoms with Crippen LogP contribution in [0, 0.1) is 6.92 Å². The highest BCUT2D eigenvalue weighted by molar-refractivity contribution is 6.12. The van der Waals surface area contributed by atoms with Gasteiger partial charge >= 0.3 is 0 Å². The summed E-state index contributed by atoms with van der Waals surface area (Å²) in [5.74, 6) is 0.701. The lowest BCUT2D eigenvalue weighted by Crippen LogP contribution is -1.87. The maximum atomic E-state index is 11.2. The first-order valence-corrected chi connectivity index (χ1v) is 5.78. The summed E-state index contributed by atoms with van der Waals surface area (Å²) in [6.45, 7) is 2.05. The third kappa shape index (κ3) is 1.48. The van der Waals surface area contributed by atoms with E-state index in [4.69, 9.17) is 4.74 Å². The Balaban J connectivity index is 2.50. The average Bonchev–Trinajstić information content (AvgIpc) is 2.75. The Morgan fingerprint density at radius 3 is 2.72 bits per heavy atom. The summed E-state index contributed by atoms with van der Waals surface area (Å²) < 4.78 is 5.24. The van der Waals surface area contributed by atoms with Gasteiger partial charge in [-0.1, -0.05) is 11.6 Å². The molecule has 0 aliphatic rings. The number of benzene rings is 2. The summed E-state index contributed by atoms with van der Waals surface area (Å²) in [4.78, 5) is 14.4. The van der Waals surface area contributed by atoms with Crippen LogP contribution in [0.5, 0.6) is 5.75 Å². The first-order chi connectivity index (χ1) is 8.72. The van der Waals surface area contributed by atoms with Gasteiger partial charge < -0.3 is 9.72 Å². The monoisotopic (exact) mass is 239 g/mol. The van der Waals surface area contributed by atoms with E-state index in [0.717, 1.165) is 28.1 Å². The van der Waals surface area contributed by atoms with Crippen molar-refractivity contribution in [1.29, 1.82) is 0 Å². The zero-order valence-corrected chi connectivity index (χ0v) is 10.3. The van der Waals surface area contributed by atoms with Gasteiger partial charge in [0.05, 0.1) is 12.6 Å². The summed E-state index contributed by atoms with van der Waals surface area (Å²) in [5.41, 5.74) is 3.72. The molecule has 2 aromatic carbocycles. The number of nitrogens with one attached hydrogen (secondary N) is 1. The number of hydrogen-bond acceptors (Lipinski definition) is 2. The molecule has 1 aromatic heterocycles. The standard InChI is InChI=1S/C15H13NO2/c1-9-3-4-14-12(5-9)13-7-11(18-2)6-10(8-17)15(13)16-14/h3-8,16H,1-2H3. The molecular formula is C15H13NO2. The first kappa shape index (κ1) is 10.8. The fourth-order valence-corrected chi connectivity index (χ4v) is 2.32. The van der Waals surface area contributed by atoms with E-state index >= 15 is 0 Å². The maximum Gasteiger partial charge on any atom is 0.152 e. The highest BCUT2D eigenvalue weighted by Crippen LogP contribution is 2.31. The van der Waals surface area contributed by atoms with Crippen molar-refractivity contribution in [2.24, 2.45) is 0 Å². The largest absolute Gasteiger partial charge is 0.497 e. The highest BCUT2D eigenvalue weighted by Gasteiger charge is 2.10. The van der Waals surface area contributed by atoms with E-state index in [9.17, 15) is 4.79 Å². The van der Waals surface area contributed by atoms with Crippen molar-refractivity contribution < 1.29 is 9.53 Å². The molecule has 0 fully saturated rings. The van der Waals surface area contributed by atoms with Crippen LogP contribution < -0.4 is 4.74 Å². The van der Waals surface area contributed by atoms with Crippen molar-refractivity contribution in [2.75, 3.05) is 7.11 Å². The molecule has 0 aliphatic carbocycles. The lowest BCUT2D eigenvalue weighted by atomic mass is 10.1. The summed E-state index contributed by atoms with van der Waals surface area (Å²) in [6.07, 6.45) is 0.854. The molecule has 0 bridgehead atoms. The molecule has 0 saturated heterocycles. The van der Waals surface area contributed by atoms with E-state index in [2.05, 4.69) is 24.0 Å². The van der Waals surface area contributed by atoms with Crippen LogP contribution in [0.4, 0.5) is 0 Å². The SMILES string of the molecule is COc1cc(C=O)c2[nH]c3ccc(C)cc3c2c1. The minimum absolute atomic E-state index is 0.623. The van der Waals surface area contributed by atoms with Crippen LogP contribution in [-0.4, -0.2) is 18.4 Å². The molecule has 1 heterocycles. The minimum atomic E-state index is 0.623. The Labute approximate surface area is 104 Å². The summed E-state index contributed by atoms with van der Waals surface area (Å²) in [6, 6.07) is 9.90. The Morgan fingerprint density at radius 2 is 2.00 bits per heavy atom. The molecule has 0 spiro atoms. The number of methoxy groups -OCH3 is 1. The number of rotatable bonds is 2. The lowest BCUT2D eigenvalue weighted by Gasteiger charge is -2.02. The number of aromatic amines is 1. The second-order valence-corrected chi connectivity index (χ2v) is 4.43. The molecule has 0 unspecified atom stereocenters. The lowest BCUT2D eigenvalue weighted by molar-refractivity contribution is 0.112. The van der Waals surface area contributed by atoms with Crippen LogP contribution in [-0.2, 0) is 0 Å². The third-order valence-electron chi connectivity index (χ3n) is 3.23. The highest BCUT2D eigenvalue weighted by atomic mass is 16.5. The number of carbonyl (C=O) groups is 1. The van der Waals surface area contributed by atoms with Gasteiger partial charge in [-0.15, -0.1) is 0 Å². The van der Waals surface area contributed by atoms with Gasteiger partial charge in [-0.2, -0.15) is 0 Å². The van der Waals surface area contributed by atoms with E-state index in [0.29, 0.717) is 11.3 Å². The van der Waals surface area contributed by atoms with Gasteiger partial charge in [0, 0.05) is 21.9 Å². The Bertz CT molecular complexity index is 756. The Kier molecular flexibility index (Phi) is 2.33. The number of ether oxygens (including phenoxy) is 1. The van der Waals surface area contributed by atoms with E-state index in [-0.39, 0.29) is 0 Å². The molecule has 90 valence electrons. The molecule has 0 atom stereocenters. The molecule has 0 aliphatic heterocycles. The van der Waals surface area contributed by atoms with Crippen LogP contribution in [0.15, 0.2) is 30.3 Å². The predicted octanol–water partition coefficient (Wildman–Crippen LogP) is 3.45. The van der Waals surface area contributed by atoms with E-state index in [1.165, 1.54) is 5.56 Å². The summed E-state index contributed by atoms with van der Waals surface area (Å²) in [7, 11) is 1.61. The van der Waals surface area contributed by atoms with Crippen molar-refractivity contribution >= 4 is 28.1 Å². The molecule has 3 aromatic rings. The minimum Gasteiger partial charge on any atom is -0.497 e. The van der Waals surface area contributed by atoms with Crippen molar-refractivity contribution in [1.82, 2.24) is 4.98 Å². The first-order valence-electron chi connectivity index (χ1n) is 5.78.